The van der Waals surface area contributed by atoms with Crippen molar-refractivity contribution < 1.29 is 19.1 Å². The van der Waals surface area contributed by atoms with Crippen LogP contribution in [0.1, 0.15) is 32.7 Å². The van der Waals surface area contributed by atoms with Crippen LogP contribution in [0.5, 0.6) is 5.75 Å². The summed E-state index contributed by atoms with van der Waals surface area (Å²) in [5, 5.41) is 2.75. The Morgan fingerprint density at radius 1 is 1.19 bits per heavy atom. The van der Waals surface area contributed by atoms with E-state index < -0.39 is 0 Å². The zero-order chi connectivity index (χ0) is 18.5. The summed E-state index contributed by atoms with van der Waals surface area (Å²) < 4.78 is 5.10. The number of benzene rings is 2. The molecule has 0 aliphatic carbocycles. The van der Waals surface area contributed by atoms with Gasteiger partial charge in [0.05, 0.1) is 7.11 Å². The normalized spacial score (nSPS) is 12.4. The number of methoxy groups -OCH3 is 1. The van der Waals surface area contributed by atoms with E-state index in [0.29, 0.717) is 23.4 Å². The molecular weight excluding hydrogens is 332 g/mol. The van der Waals surface area contributed by atoms with Gasteiger partial charge in [-0.1, -0.05) is 6.07 Å². The van der Waals surface area contributed by atoms with E-state index in [1.807, 2.05) is 6.07 Å². The van der Waals surface area contributed by atoms with Crippen molar-refractivity contribution >= 4 is 23.8 Å². The van der Waals surface area contributed by atoms with E-state index in [1.165, 1.54) is 0 Å². The second-order valence-corrected chi connectivity index (χ2v) is 6.05. The molecule has 0 saturated heterocycles. The van der Waals surface area contributed by atoms with Crippen LogP contribution in [0.4, 0.5) is 5.69 Å². The number of carbonyl (C=O) groups excluding carboxylic acids is 3. The molecule has 0 saturated carbocycles. The lowest BCUT2D eigenvalue weighted by Gasteiger charge is -2.10. The maximum absolute atomic E-state index is 12.4. The van der Waals surface area contributed by atoms with Gasteiger partial charge in [0.15, 0.2) is 5.78 Å². The molecule has 26 heavy (non-hydrogen) atoms. The lowest BCUT2D eigenvalue weighted by molar-refractivity contribution is -0.107. The molecule has 2 aromatic rings. The summed E-state index contributed by atoms with van der Waals surface area (Å²) in [5.41, 5.74) is 2.96. The number of nitrogens with one attached hydrogen (secondary N) is 1. The monoisotopic (exact) mass is 352 g/mol. The van der Waals surface area contributed by atoms with Crippen molar-refractivity contribution in [3.63, 3.8) is 0 Å². The second-order valence-electron chi connectivity index (χ2n) is 6.05. The molecular formula is C20H20N2O4. The number of hydrogen-bond donors (Lipinski definition) is 1. The van der Waals surface area contributed by atoms with E-state index in [-0.39, 0.29) is 24.7 Å². The van der Waals surface area contributed by atoms with Crippen molar-refractivity contribution in [3.05, 3.63) is 59.2 Å². The summed E-state index contributed by atoms with van der Waals surface area (Å²) in [5.74, 6) is 0.326. The number of ketones is 1. The van der Waals surface area contributed by atoms with E-state index in [9.17, 15) is 14.4 Å². The fourth-order valence-electron chi connectivity index (χ4n) is 3.01. The van der Waals surface area contributed by atoms with E-state index in [1.54, 1.807) is 48.4 Å². The summed E-state index contributed by atoms with van der Waals surface area (Å²) >= 11 is 0. The first-order valence-electron chi connectivity index (χ1n) is 8.42. The minimum Gasteiger partial charge on any atom is -0.497 e. The Balaban J connectivity index is 1.56. The number of rotatable bonds is 7. The molecule has 0 spiro atoms. The molecule has 0 fully saturated rings. The van der Waals surface area contributed by atoms with Crippen LogP contribution in [0.3, 0.4) is 0 Å². The predicted octanol–water partition coefficient (Wildman–Crippen LogP) is 2.22. The molecule has 134 valence electrons. The van der Waals surface area contributed by atoms with Crippen LogP contribution in [0.2, 0.25) is 0 Å². The van der Waals surface area contributed by atoms with Crippen molar-refractivity contribution in [1.82, 2.24) is 5.32 Å². The van der Waals surface area contributed by atoms with Crippen LogP contribution >= 0.6 is 0 Å². The number of anilines is 1. The standard InChI is InChI=1S/C20H20N2O4/c1-26-17-4-2-3-16(12-17)20(25)21-9-7-19(24)15-5-6-18-14(11-15)8-10-22(18)13-23/h2-6,11-13H,7-10H2,1H3,(H,21,25). The quantitative estimate of drug-likeness (QED) is 0.612. The highest BCUT2D eigenvalue weighted by Gasteiger charge is 2.19. The number of amides is 2. The average molecular weight is 352 g/mol. The number of fused-ring (bicyclic) bond motifs is 1. The lowest BCUT2D eigenvalue weighted by Crippen LogP contribution is -2.26. The van der Waals surface area contributed by atoms with Crippen LogP contribution in [0.15, 0.2) is 42.5 Å². The van der Waals surface area contributed by atoms with Gasteiger partial charge in [0, 0.05) is 36.3 Å². The van der Waals surface area contributed by atoms with Gasteiger partial charge in [0.25, 0.3) is 5.91 Å². The first kappa shape index (κ1) is 17.7. The highest BCUT2D eigenvalue weighted by molar-refractivity contribution is 5.98. The number of Topliss-reactive ketones (excluding diaryl/α,β-unsaturated/α-hetero) is 1. The Labute approximate surface area is 151 Å². The third-order valence-corrected chi connectivity index (χ3v) is 4.43. The van der Waals surface area contributed by atoms with E-state index in [4.69, 9.17) is 4.74 Å². The number of carbonyl (C=O) groups is 3. The molecule has 6 nitrogen and oxygen atoms in total. The molecule has 0 radical (unpaired) electrons. The van der Waals surface area contributed by atoms with Crippen LogP contribution in [0, 0.1) is 0 Å². The zero-order valence-electron chi connectivity index (χ0n) is 14.5. The maximum Gasteiger partial charge on any atom is 0.251 e. The molecule has 0 aromatic heterocycles. The molecule has 0 atom stereocenters. The second kappa shape index (κ2) is 7.82. The highest BCUT2D eigenvalue weighted by Crippen LogP contribution is 2.27. The minimum atomic E-state index is -0.243. The van der Waals surface area contributed by atoms with Crippen LogP contribution in [0.25, 0.3) is 0 Å². The van der Waals surface area contributed by atoms with Gasteiger partial charge in [-0.25, -0.2) is 0 Å². The molecule has 6 heteroatoms. The summed E-state index contributed by atoms with van der Waals surface area (Å²) in [6, 6.07) is 12.2. The topological polar surface area (TPSA) is 75.7 Å². The number of hydrogen-bond acceptors (Lipinski definition) is 4. The van der Waals surface area contributed by atoms with Crippen molar-refractivity contribution in [2.45, 2.75) is 12.8 Å². The van der Waals surface area contributed by atoms with Gasteiger partial charge >= 0.3 is 0 Å². The summed E-state index contributed by atoms with van der Waals surface area (Å²) in [6.07, 6.45) is 1.77. The van der Waals surface area contributed by atoms with E-state index >= 15 is 0 Å². The fourth-order valence-corrected chi connectivity index (χ4v) is 3.01. The van der Waals surface area contributed by atoms with E-state index in [2.05, 4.69) is 5.32 Å². The Bertz CT molecular complexity index is 847. The van der Waals surface area contributed by atoms with Crippen molar-refractivity contribution in [2.75, 3.05) is 25.1 Å². The Kier molecular flexibility index (Phi) is 5.31. The van der Waals surface area contributed by atoms with Crippen molar-refractivity contribution in [3.8, 4) is 5.75 Å². The van der Waals surface area contributed by atoms with Gasteiger partial charge in [-0.15, -0.1) is 0 Å². The number of ether oxygens (including phenoxy) is 1. The third-order valence-electron chi connectivity index (χ3n) is 4.43. The van der Waals surface area contributed by atoms with Gasteiger partial charge in [0.1, 0.15) is 5.75 Å². The molecule has 2 amide bonds. The minimum absolute atomic E-state index is 0.0386. The smallest absolute Gasteiger partial charge is 0.251 e. The molecule has 0 unspecified atom stereocenters. The van der Waals surface area contributed by atoms with Crippen LogP contribution in [-0.4, -0.2) is 38.3 Å². The Morgan fingerprint density at radius 2 is 2.04 bits per heavy atom. The van der Waals surface area contributed by atoms with Gasteiger partial charge in [-0.05, 0) is 48.4 Å². The van der Waals surface area contributed by atoms with Crippen LogP contribution < -0.4 is 15.0 Å². The molecule has 1 heterocycles. The zero-order valence-corrected chi connectivity index (χ0v) is 14.5. The Hall–Kier alpha value is -3.15. The SMILES string of the molecule is COc1cccc(C(=O)NCCC(=O)c2ccc3c(c2)CCN3C=O)c1. The Morgan fingerprint density at radius 3 is 2.81 bits per heavy atom. The summed E-state index contributed by atoms with van der Waals surface area (Å²) in [7, 11) is 1.54. The fraction of sp³-hybridized carbons (Fsp3) is 0.250. The van der Waals surface area contributed by atoms with Crippen molar-refractivity contribution in [1.29, 1.82) is 0 Å². The molecule has 0 bridgehead atoms. The predicted molar refractivity (Wildman–Crippen MR) is 97.8 cm³/mol. The van der Waals surface area contributed by atoms with Crippen molar-refractivity contribution in [2.24, 2.45) is 0 Å². The first-order chi connectivity index (χ1) is 12.6. The largest absolute Gasteiger partial charge is 0.497 e. The van der Waals surface area contributed by atoms with Crippen LogP contribution in [-0.2, 0) is 11.2 Å². The van der Waals surface area contributed by atoms with Gasteiger partial charge < -0.3 is 15.0 Å². The molecule has 1 N–H and O–H groups in total. The average Bonchev–Trinajstić information content (AvgIpc) is 3.10. The maximum atomic E-state index is 12.4. The summed E-state index contributed by atoms with van der Waals surface area (Å²) in [6.45, 7) is 0.902. The van der Waals surface area contributed by atoms with E-state index in [0.717, 1.165) is 24.1 Å². The van der Waals surface area contributed by atoms with Gasteiger partial charge in [0.2, 0.25) is 6.41 Å². The highest BCUT2D eigenvalue weighted by atomic mass is 16.5. The van der Waals surface area contributed by atoms with Gasteiger partial charge in [-0.2, -0.15) is 0 Å². The first-order valence-corrected chi connectivity index (χ1v) is 8.42. The molecule has 2 aromatic carbocycles. The molecule has 1 aliphatic heterocycles. The molecule has 3 rings (SSSR count). The number of nitrogens with zero attached hydrogens (tertiary/aromatic N) is 1. The lowest BCUT2D eigenvalue weighted by atomic mass is 10.0. The van der Waals surface area contributed by atoms with Gasteiger partial charge in [-0.3, -0.25) is 14.4 Å². The molecule has 1 aliphatic rings. The third kappa shape index (κ3) is 3.74. The summed E-state index contributed by atoms with van der Waals surface area (Å²) in [4.78, 5) is 37.1.